The summed E-state index contributed by atoms with van der Waals surface area (Å²) in [6.45, 7) is 1.48. The summed E-state index contributed by atoms with van der Waals surface area (Å²) in [6.07, 6.45) is 3.38. The highest BCUT2D eigenvalue weighted by molar-refractivity contribution is 7.92. The Morgan fingerprint density at radius 2 is 1.93 bits per heavy atom. The molecule has 1 aliphatic heterocycles. The van der Waals surface area contributed by atoms with E-state index in [9.17, 15) is 16.8 Å². The Balaban J connectivity index is 1.96. The summed E-state index contributed by atoms with van der Waals surface area (Å²) >= 11 is 0. The SMILES string of the molecule is CCCS(=O)(=O)NC[C@@H](c1cccnc1)S(=O)(=O)c1ccc2c(c1)OCO2. The number of benzene rings is 1. The van der Waals surface area contributed by atoms with E-state index in [0.717, 1.165) is 0 Å². The van der Waals surface area contributed by atoms with E-state index in [4.69, 9.17) is 9.47 Å². The van der Waals surface area contributed by atoms with Gasteiger partial charge in [-0.25, -0.2) is 21.6 Å². The molecule has 10 heteroatoms. The summed E-state index contributed by atoms with van der Waals surface area (Å²) in [5, 5.41) is -1.13. The monoisotopic (exact) mass is 412 g/mol. The van der Waals surface area contributed by atoms with Crippen LogP contribution in [0.5, 0.6) is 11.5 Å². The maximum atomic E-state index is 13.2. The molecule has 0 amide bonds. The van der Waals surface area contributed by atoms with Crippen LogP contribution in [0.4, 0.5) is 0 Å². The number of hydrogen-bond acceptors (Lipinski definition) is 7. The lowest BCUT2D eigenvalue weighted by Crippen LogP contribution is -2.33. The second kappa shape index (κ2) is 7.83. The Hall–Kier alpha value is -2.17. The van der Waals surface area contributed by atoms with Gasteiger partial charge in [-0.2, -0.15) is 0 Å². The number of fused-ring (bicyclic) bond motifs is 1. The maximum absolute atomic E-state index is 13.2. The van der Waals surface area contributed by atoms with Crippen molar-refractivity contribution in [2.24, 2.45) is 0 Å². The zero-order valence-electron chi connectivity index (χ0n) is 14.7. The molecule has 1 aromatic carbocycles. The molecular formula is C17H20N2O6S2. The van der Waals surface area contributed by atoms with Crippen molar-refractivity contribution in [2.45, 2.75) is 23.5 Å². The van der Waals surface area contributed by atoms with Gasteiger partial charge in [0.25, 0.3) is 0 Å². The molecule has 0 unspecified atom stereocenters. The molecule has 1 N–H and O–H groups in total. The molecule has 2 heterocycles. The predicted octanol–water partition coefficient (Wildman–Crippen LogP) is 1.65. The van der Waals surface area contributed by atoms with E-state index in [0.29, 0.717) is 23.5 Å². The second-order valence-corrected chi connectivity index (χ2v) is 10.1. The van der Waals surface area contributed by atoms with E-state index in [1.807, 2.05) is 0 Å². The summed E-state index contributed by atoms with van der Waals surface area (Å²) < 4.78 is 63.4. The number of nitrogens with zero attached hydrogens (tertiary/aromatic N) is 1. The average molecular weight is 412 g/mol. The number of aromatic nitrogens is 1. The summed E-state index contributed by atoms with van der Waals surface area (Å²) in [7, 11) is -7.48. The van der Waals surface area contributed by atoms with Crippen molar-refractivity contribution in [3.63, 3.8) is 0 Å². The fourth-order valence-electron chi connectivity index (χ4n) is 2.73. The van der Waals surface area contributed by atoms with Crippen molar-refractivity contribution >= 4 is 19.9 Å². The van der Waals surface area contributed by atoms with Crippen molar-refractivity contribution in [1.82, 2.24) is 9.71 Å². The van der Waals surface area contributed by atoms with Crippen LogP contribution in [0.25, 0.3) is 0 Å². The van der Waals surface area contributed by atoms with Crippen molar-refractivity contribution in [1.29, 1.82) is 0 Å². The number of rotatable bonds is 8. The maximum Gasteiger partial charge on any atom is 0.231 e. The van der Waals surface area contributed by atoms with Crippen LogP contribution >= 0.6 is 0 Å². The number of ether oxygens (including phenoxy) is 2. The topological polar surface area (TPSA) is 112 Å². The van der Waals surface area contributed by atoms with Gasteiger partial charge in [-0.3, -0.25) is 4.98 Å². The van der Waals surface area contributed by atoms with Crippen LogP contribution in [0.3, 0.4) is 0 Å². The Kier molecular flexibility index (Phi) is 5.68. The highest BCUT2D eigenvalue weighted by atomic mass is 32.2. The minimum atomic E-state index is -3.92. The zero-order chi connectivity index (χ0) is 19.5. The average Bonchev–Trinajstić information content (AvgIpc) is 3.10. The quantitative estimate of drug-likeness (QED) is 0.702. The minimum Gasteiger partial charge on any atom is -0.454 e. The lowest BCUT2D eigenvalue weighted by molar-refractivity contribution is 0.174. The molecule has 1 aromatic heterocycles. The Morgan fingerprint density at radius 3 is 2.63 bits per heavy atom. The summed E-state index contributed by atoms with van der Waals surface area (Å²) in [4.78, 5) is 3.99. The predicted molar refractivity (Wildman–Crippen MR) is 98.8 cm³/mol. The summed E-state index contributed by atoms with van der Waals surface area (Å²) in [6, 6.07) is 7.56. The molecule has 0 spiro atoms. The van der Waals surface area contributed by atoms with E-state index >= 15 is 0 Å². The highest BCUT2D eigenvalue weighted by Crippen LogP contribution is 2.37. The van der Waals surface area contributed by atoms with Gasteiger partial charge >= 0.3 is 0 Å². The Bertz CT molecular complexity index is 1010. The second-order valence-electron chi connectivity index (χ2n) is 6.00. The number of hydrogen-bond donors (Lipinski definition) is 1. The first kappa shape index (κ1) is 19.6. The summed E-state index contributed by atoms with van der Waals surface area (Å²) in [5.41, 5.74) is 0.398. The first-order valence-electron chi connectivity index (χ1n) is 8.34. The van der Waals surface area contributed by atoms with E-state index in [1.54, 1.807) is 19.1 Å². The van der Waals surface area contributed by atoms with Crippen LogP contribution in [0, 0.1) is 0 Å². The molecule has 1 atom stereocenters. The van der Waals surface area contributed by atoms with Gasteiger partial charge in [0.15, 0.2) is 21.3 Å². The van der Waals surface area contributed by atoms with Gasteiger partial charge in [-0.15, -0.1) is 0 Å². The third-order valence-corrected chi connectivity index (χ3v) is 7.72. The molecule has 2 aromatic rings. The molecule has 27 heavy (non-hydrogen) atoms. The fraction of sp³-hybridized carbons (Fsp3) is 0.353. The highest BCUT2D eigenvalue weighted by Gasteiger charge is 2.32. The Labute approximate surface area is 158 Å². The van der Waals surface area contributed by atoms with Gasteiger partial charge < -0.3 is 9.47 Å². The number of pyridine rings is 1. The minimum absolute atomic E-state index is 0.0234. The molecule has 0 radical (unpaired) electrons. The van der Waals surface area contributed by atoms with Gasteiger partial charge in [0.05, 0.1) is 10.6 Å². The molecule has 0 aliphatic carbocycles. The molecule has 0 saturated heterocycles. The number of sulfonamides is 1. The molecule has 3 rings (SSSR count). The van der Waals surface area contributed by atoms with Crippen molar-refractivity contribution in [3.8, 4) is 11.5 Å². The standard InChI is InChI=1S/C17H20N2O6S2/c1-2-8-26(20,21)19-11-17(13-4-3-7-18-10-13)27(22,23)14-5-6-15-16(9-14)25-12-24-15/h3-7,9-10,17,19H,2,8,11-12H2,1H3/t17-/m0/s1. The van der Waals surface area contributed by atoms with Crippen LogP contribution in [-0.2, 0) is 19.9 Å². The van der Waals surface area contributed by atoms with Gasteiger partial charge in [-0.1, -0.05) is 13.0 Å². The van der Waals surface area contributed by atoms with Crippen molar-refractivity contribution in [3.05, 3.63) is 48.3 Å². The third-order valence-electron chi connectivity index (χ3n) is 4.06. The van der Waals surface area contributed by atoms with Gasteiger partial charge in [0.2, 0.25) is 16.8 Å². The molecule has 0 bridgehead atoms. The third kappa shape index (κ3) is 4.40. The van der Waals surface area contributed by atoms with Crippen LogP contribution in [0.2, 0.25) is 0 Å². The van der Waals surface area contributed by atoms with E-state index in [2.05, 4.69) is 9.71 Å². The smallest absolute Gasteiger partial charge is 0.231 e. The van der Waals surface area contributed by atoms with E-state index in [1.165, 1.54) is 30.6 Å². The zero-order valence-corrected chi connectivity index (χ0v) is 16.3. The molecule has 8 nitrogen and oxygen atoms in total. The van der Waals surface area contributed by atoms with Gasteiger partial charge in [0, 0.05) is 25.0 Å². The van der Waals surface area contributed by atoms with Crippen LogP contribution in [-0.4, -0.2) is 40.9 Å². The van der Waals surface area contributed by atoms with Crippen LogP contribution < -0.4 is 14.2 Å². The van der Waals surface area contributed by atoms with Crippen molar-refractivity contribution < 1.29 is 26.3 Å². The van der Waals surface area contributed by atoms with E-state index < -0.39 is 25.1 Å². The van der Waals surface area contributed by atoms with Gasteiger partial charge in [-0.05, 0) is 30.2 Å². The number of nitrogens with one attached hydrogen (secondary N) is 1. The van der Waals surface area contributed by atoms with E-state index in [-0.39, 0.29) is 24.0 Å². The molecule has 1 aliphatic rings. The molecular weight excluding hydrogens is 392 g/mol. The normalized spacial score (nSPS) is 14.9. The molecule has 0 saturated carbocycles. The van der Waals surface area contributed by atoms with Crippen molar-refractivity contribution in [2.75, 3.05) is 19.1 Å². The summed E-state index contributed by atoms with van der Waals surface area (Å²) in [5.74, 6) is 0.736. The number of sulfone groups is 1. The van der Waals surface area contributed by atoms with Crippen LogP contribution in [0.1, 0.15) is 24.2 Å². The fourth-order valence-corrected chi connectivity index (χ4v) is 5.60. The largest absolute Gasteiger partial charge is 0.454 e. The molecule has 146 valence electrons. The molecule has 0 fully saturated rings. The van der Waals surface area contributed by atoms with Gasteiger partial charge in [0.1, 0.15) is 5.25 Å². The van der Waals surface area contributed by atoms with Crippen LogP contribution in [0.15, 0.2) is 47.6 Å². The Morgan fingerprint density at radius 1 is 1.15 bits per heavy atom. The first-order chi connectivity index (χ1) is 12.8. The lowest BCUT2D eigenvalue weighted by atomic mass is 10.2. The lowest BCUT2D eigenvalue weighted by Gasteiger charge is -2.19. The first-order valence-corrected chi connectivity index (χ1v) is 11.5.